The molecule has 1 aromatic rings. The molecule has 1 aliphatic rings. The van der Waals surface area contributed by atoms with E-state index in [4.69, 9.17) is 0 Å². The van der Waals surface area contributed by atoms with Gasteiger partial charge in [-0.2, -0.15) is 30.6 Å². The number of alkyl halides is 6. The molecule has 0 aromatic heterocycles. The van der Waals surface area contributed by atoms with Gasteiger partial charge in [0.05, 0.1) is 16.0 Å². The first-order chi connectivity index (χ1) is 11.4. The van der Waals surface area contributed by atoms with Crippen LogP contribution in [0.5, 0.6) is 0 Å². The molecule has 0 spiro atoms. The van der Waals surface area contributed by atoms with Gasteiger partial charge < -0.3 is 5.32 Å². The zero-order chi connectivity index (χ0) is 19.0. The van der Waals surface area contributed by atoms with E-state index in [2.05, 4.69) is 5.32 Å². The van der Waals surface area contributed by atoms with Gasteiger partial charge in [-0.05, 0) is 38.1 Å². The van der Waals surface area contributed by atoms with Crippen molar-refractivity contribution in [3.8, 4) is 0 Å². The molecule has 11 heteroatoms. The highest BCUT2D eigenvalue weighted by Gasteiger charge is 2.39. The second-order valence-electron chi connectivity index (χ2n) is 5.73. The highest BCUT2D eigenvalue weighted by Crippen LogP contribution is 2.38. The first kappa shape index (κ1) is 20.0. The monoisotopic (exact) mass is 390 g/mol. The summed E-state index contributed by atoms with van der Waals surface area (Å²) >= 11 is 0. The summed E-state index contributed by atoms with van der Waals surface area (Å²) in [4.78, 5) is -1.01. The van der Waals surface area contributed by atoms with Crippen LogP contribution in [0.2, 0.25) is 0 Å². The molecule has 0 radical (unpaired) electrons. The molecule has 25 heavy (non-hydrogen) atoms. The molecule has 4 nitrogen and oxygen atoms in total. The van der Waals surface area contributed by atoms with Crippen LogP contribution in [0, 0.1) is 0 Å². The minimum atomic E-state index is -5.10. The Morgan fingerprint density at radius 3 is 2.00 bits per heavy atom. The molecule has 1 atom stereocenters. The second-order valence-corrected chi connectivity index (χ2v) is 7.67. The van der Waals surface area contributed by atoms with Crippen LogP contribution >= 0.6 is 0 Å². The van der Waals surface area contributed by atoms with Crippen LogP contribution in [-0.4, -0.2) is 38.9 Å². The van der Waals surface area contributed by atoms with Gasteiger partial charge in [-0.1, -0.05) is 0 Å². The number of halogens is 6. The van der Waals surface area contributed by atoms with Crippen molar-refractivity contribution in [2.24, 2.45) is 0 Å². The van der Waals surface area contributed by atoms with E-state index in [9.17, 15) is 34.8 Å². The number of benzene rings is 1. The van der Waals surface area contributed by atoms with Gasteiger partial charge in [0, 0.05) is 19.1 Å². The summed E-state index contributed by atoms with van der Waals surface area (Å²) in [7, 11) is -2.87. The molecule has 0 aliphatic carbocycles. The fourth-order valence-electron chi connectivity index (χ4n) is 2.62. The maximum absolute atomic E-state index is 12.9. The van der Waals surface area contributed by atoms with E-state index in [1.165, 1.54) is 0 Å². The van der Waals surface area contributed by atoms with E-state index in [1.54, 1.807) is 7.05 Å². The minimum absolute atomic E-state index is 0.0174. The average Bonchev–Trinajstić information content (AvgIpc) is 2.52. The van der Waals surface area contributed by atoms with Crippen LogP contribution in [0.25, 0.3) is 0 Å². The molecule has 1 unspecified atom stereocenters. The average molecular weight is 390 g/mol. The van der Waals surface area contributed by atoms with Crippen LogP contribution in [0.15, 0.2) is 23.1 Å². The Morgan fingerprint density at radius 1 is 1.04 bits per heavy atom. The highest BCUT2D eigenvalue weighted by atomic mass is 32.2. The molecule has 142 valence electrons. The number of hydrogen-bond acceptors (Lipinski definition) is 3. The number of likely N-dealkylation sites (N-methyl/N-ethyl adjacent to an activating group) is 1. The summed E-state index contributed by atoms with van der Waals surface area (Å²) in [6, 6.07) is 0.184. The van der Waals surface area contributed by atoms with Crippen molar-refractivity contribution >= 4 is 10.0 Å². The van der Waals surface area contributed by atoms with Crippen molar-refractivity contribution in [1.82, 2.24) is 9.62 Å². The number of piperidine rings is 1. The smallest absolute Gasteiger partial charge is 0.316 e. The molecule has 0 bridgehead atoms. The summed E-state index contributed by atoms with van der Waals surface area (Å²) in [5.41, 5.74) is -3.30. The number of sulfonamides is 1. The number of rotatable bonds is 3. The number of nitrogens with zero attached hydrogens (tertiary/aromatic N) is 1. The third kappa shape index (κ3) is 4.45. The Kier molecular flexibility index (Phi) is 5.41. The Labute approximate surface area is 140 Å². The van der Waals surface area contributed by atoms with E-state index in [-0.39, 0.29) is 37.3 Å². The summed E-state index contributed by atoms with van der Waals surface area (Å²) < 4.78 is 103. The molecule has 1 N–H and O–H groups in total. The van der Waals surface area contributed by atoms with Crippen molar-refractivity contribution in [2.75, 3.05) is 20.1 Å². The van der Waals surface area contributed by atoms with E-state index in [0.29, 0.717) is 12.8 Å². The molecule has 1 heterocycles. The van der Waals surface area contributed by atoms with Gasteiger partial charge in [0.15, 0.2) is 0 Å². The molecular weight excluding hydrogens is 374 g/mol. The number of nitrogens with one attached hydrogen (secondary N) is 1. The third-order valence-electron chi connectivity index (χ3n) is 3.99. The lowest BCUT2D eigenvalue weighted by Gasteiger charge is -2.32. The molecular formula is C14H16F6N2O2S. The van der Waals surface area contributed by atoms with E-state index >= 15 is 0 Å². The molecule has 0 saturated carbocycles. The molecule has 1 saturated heterocycles. The first-order valence-electron chi connectivity index (χ1n) is 7.32. The Morgan fingerprint density at radius 2 is 1.56 bits per heavy atom. The third-order valence-corrected chi connectivity index (χ3v) is 5.83. The summed E-state index contributed by atoms with van der Waals surface area (Å²) in [6.45, 7) is 0.0224. The van der Waals surface area contributed by atoms with Gasteiger partial charge >= 0.3 is 12.4 Å². The van der Waals surface area contributed by atoms with Crippen molar-refractivity contribution in [3.05, 3.63) is 29.3 Å². The quantitative estimate of drug-likeness (QED) is 0.807. The predicted molar refractivity (Wildman–Crippen MR) is 77.3 cm³/mol. The molecule has 1 aliphatic heterocycles. The largest absolute Gasteiger partial charge is 0.416 e. The van der Waals surface area contributed by atoms with Gasteiger partial charge in [0.25, 0.3) is 0 Å². The SMILES string of the molecule is CNC1CCCN(S(=O)(=O)c2cc(C(F)(F)F)cc(C(F)(F)F)c2)C1. The van der Waals surface area contributed by atoms with Crippen molar-refractivity contribution in [1.29, 1.82) is 0 Å². The molecule has 1 fully saturated rings. The van der Waals surface area contributed by atoms with Crippen molar-refractivity contribution in [2.45, 2.75) is 36.1 Å². The van der Waals surface area contributed by atoms with E-state index in [0.717, 1.165) is 4.31 Å². The Balaban J connectivity index is 2.53. The molecule has 2 rings (SSSR count). The minimum Gasteiger partial charge on any atom is -0.316 e. The number of hydrogen-bond donors (Lipinski definition) is 1. The maximum Gasteiger partial charge on any atom is 0.416 e. The lowest BCUT2D eigenvalue weighted by atomic mass is 10.1. The van der Waals surface area contributed by atoms with Crippen molar-refractivity contribution < 1.29 is 34.8 Å². The summed E-state index contributed by atoms with van der Waals surface area (Å²) in [5.74, 6) is 0. The van der Waals surface area contributed by atoms with E-state index in [1.807, 2.05) is 0 Å². The lowest BCUT2D eigenvalue weighted by Crippen LogP contribution is -2.46. The summed E-state index contributed by atoms with van der Waals surface area (Å²) in [6.07, 6.45) is -9.07. The normalized spacial score (nSPS) is 20.7. The molecule has 1 aromatic carbocycles. The van der Waals surface area contributed by atoms with Crippen LogP contribution < -0.4 is 5.32 Å². The standard InChI is InChI=1S/C14H16F6N2O2S/c1-21-11-3-2-4-22(8-11)25(23,24)12-6-9(13(15,16)17)5-10(7-12)14(18,19)20/h5-7,11,21H,2-4,8H2,1H3. The lowest BCUT2D eigenvalue weighted by molar-refractivity contribution is -0.143. The van der Waals surface area contributed by atoms with Gasteiger partial charge in [-0.15, -0.1) is 0 Å². The highest BCUT2D eigenvalue weighted by molar-refractivity contribution is 7.89. The van der Waals surface area contributed by atoms with Crippen LogP contribution in [0.1, 0.15) is 24.0 Å². The van der Waals surface area contributed by atoms with Crippen LogP contribution in [0.4, 0.5) is 26.3 Å². The molecule has 0 amide bonds. The van der Waals surface area contributed by atoms with E-state index < -0.39 is 38.4 Å². The first-order valence-corrected chi connectivity index (χ1v) is 8.76. The summed E-state index contributed by atoms with van der Waals surface area (Å²) in [5, 5.41) is 2.86. The van der Waals surface area contributed by atoms with Gasteiger partial charge in [-0.3, -0.25) is 0 Å². The fourth-order valence-corrected chi connectivity index (χ4v) is 4.22. The predicted octanol–water partition coefficient (Wildman–Crippen LogP) is 3.10. The second kappa shape index (κ2) is 6.76. The van der Waals surface area contributed by atoms with Gasteiger partial charge in [0.2, 0.25) is 10.0 Å². The van der Waals surface area contributed by atoms with Gasteiger partial charge in [-0.25, -0.2) is 8.42 Å². The fraction of sp³-hybridized carbons (Fsp3) is 0.571. The Hall–Kier alpha value is -1.33. The maximum atomic E-state index is 12.9. The Bertz CT molecular complexity index is 698. The topological polar surface area (TPSA) is 49.4 Å². The zero-order valence-corrected chi connectivity index (χ0v) is 13.9. The van der Waals surface area contributed by atoms with Crippen LogP contribution in [-0.2, 0) is 22.4 Å². The van der Waals surface area contributed by atoms with Crippen molar-refractivity contribution in [3.63, 3.8) is 0 Å². The van der Waals surface area contributed by atoms with Gasteiger partial charge in [0.1, 0.15) is 0 Å². The van der Waals surface area contributed by atoms with Crippen LogP contribution in [0.3, 0.4) is 0 Å². The zero-order valence-electron chi connectivity index (χ0n) is 13.1.